The number of aryl methyl sites for hydroxylation is 3. The van der Waals surface area contributed by atoms with Gasteiger partial charge >= 0.3 is 0 Å². The van der Waals surface area contributed by atoms with E-state index in [2.05, 4.69) is 44.7 Å². The Kier molecular flexibility index (Phi) is 5.03. The summed E-state index contributed by atoms with van der Waals surface area (Å²) in [6, 6.07) is 12.0. The van der Waals surface area contributed by atoms with E-state index in [1.54, 1.807) is 0 Å². The second kappa shape index (κ2) is 6.97. The van der Waals surface area contributed by atoms with Crippen molar-refractivity contribution in [3.63, 3.8) is 0 Å². The lowest BCUT2D eigenvalue weighted by molar-refractivity contribution is 0.303. The first kappa shape index (κ1) is 15.2. The summed E-state index contributed by atoms with van der Waals surface area (Å²) in [4.78, 5) is 0. The van der Waals surface area contributed by atoms with Gasteiger partial charge in [0.25, 0.3) is 0 Å². The Morgan fingerprint density at radius 3 is 2.38 bits per heavy atom. The number of benzene rings is 2. The molecule has 0 aliphatic heterocycles. The van der Waals surface area contributed by atoms with Crippen LogP contribution >= 0.6 is 0 Å². The molecule has 0 fully saturated rings. The number of hydrogen-bond acceptors (Lipinski definition) is 2. The topological polar surface area (TPSA) is 29.5 Å². The largest absolute Gasteiger partial charge is 0.488 e. The number of aliphatic hydroxyl groups excluding tert-OH is 1. The molecule has 2 heteroatoms. The third kappa shape index (κ3) is 3.87. The first-order chi connectivity index (χ1) is 10.1. The van der Waals surface area contributed by atoms with E-state index in [9.17, 15) is 0 Å². The molecule has 0 aromatic heterocycles. The van der Waals surface area contributed by atoms with Gasteiger partial charge in [0.2, 0.25) is 0 Å². The molecule has 1 N–H and O–H groups in total. The second-order valence-electron chi connectivity index (χ2n) is 5.12. The van der Waals surface area contributed by atoms with E-state index >= 15 is 0 Å². The third-order valence-electron chi connectivity index (χ3n) is 3.40. The molecule has 2 aromatic rings. The molecule has 0 heterocycles. The molecule has 2 aromatic carbocycles. The summed E-state index contributed by atoms with van der Waals surface area (Å²) in [6.45, 7) is 6.69. The summed E-state index contributed by atoms with van der Waals surface area (Å²) in [5, 5.41) is 8.81. The maximum atomic E-state index is 8.81. The highest BCUT2D eigenvalue weighted by Gasteiger charge is 2.06. The lowest BCUT2D eigenvalue weighted by Gasteiger charge is -2.13. The molecule has 21 heavy (non-hydrogen) atoms. The van der Waals surface area contributed by atoms with Gasteiger partial charge in [-0.25, -0.2) is 0 Å². The van der Waals surface area contributed by atoms with E-state index in [-0.39, 0.29) is 6.61 Å². The molecular formula is C19H20O2. The van der Waals surface area contributed by atoms with Gasteiger partial charge in [0.1, 0.15) is 19.0 Å². The zero-order valence-electron chi connectivity index (χ0n) is 12.7. The van der Waals surface area contributed by atoms with Crippen molar-refractivity contribution < 1.29 is 9.84 Å². The fourth-order valence-electron chi connectivity index (χ4n) is 2.42. The molecule has 0 aliphatic carbocycles. The lowest BCUT2D eigenvalue weighted by atomic mass is 10.0. The maximum Gasteiger partial charge on any atom is 0.135 e. The quantitative estimate of drug-likeness (QED) is 0.871. The van der Waals surface area contributed by atoms with Gasteiger partial charge in [-0.15, -0.1) is 0 Å². The minimum atomic E-state index is -0.148. The van der Waals surface area contributed by atoms with Gasteiger partial charge in [-0.3, -0.25) is 0 Å². The van der Waals surface area contributed by atoms with Crippen molar-refractivity contribution in [1.29, 1.82) is 0 Å². The van der Waals surface area contributed by atoms with Crippen molar-refractivity contribution in [2.24, 2.45) is 0 Å². The number of rotatable bonds is 3. The Morgan fingerprint density at radius 2 is 1.71 bits per heavy atom. The van der Waals surface area contributed by atoms with E-state index in [1.807, 2.05) is 24.3 Å². The van der Waals surface area contributed by atoms with Gasteiger partial charge in [-0.05, 0) is 49.6 Å². The van der Waals surface area contributed by atoms with Crippen molar-refractivity contribution in [3.05, 3.63) is 64.2 Å². The highest BCUT2D eigenvalue weighted by atomic mass is 16.5. The second-order valence-corrected chi connectivity index (χ2v) is 5.12. The summed E-state index contributed by atoms with van der Waals surface area (Å²) < 4.78 is 5.94. The summed E-state index contributed by atoms with van der Waals surface area (Å²) in [5.74, 6) is 6.32. The van der Waals surface area contributed by atoms with Gasteiger partial charge in [-0.2, -0.15) is 0 Å². The number of hydrogen-bond donors (Lipinski definition) is 1. The van der Waals surface area contributed by atoms with Crippen LogP contribution in [0.15, 0.2) is 36.4 Å². The molecule has 2 rings (SSSR count). The van der Waals surface area contributed by atoms with Crippen molar-refractivity contribution in [3.8, 4) is 17.6 Å². The normalized spacial score (nSPS) is 9.90. The Hall–Kier alpha value is -2.24. The van der Waals surface area contributed by atoms with Crippen LogP contribution in [0.5, 0.6) is 5.75 Å². The van der Waals surface area contributed by atoms with E-state index in [4.69, 9.17) is 9.84 Å². The molecule has 0 aliphatic rings. The Balaban J connectivity index is 2.21. The minimum absolute atomic E-state index is 0.148. The van der Waals surface area contributed by atoms with Crippen LogP contribution in [-0.2, 0) is 6.61 Å². The predicted molar refractivity (Wildman–Crippen MR) is 85.4 cm³/mol. The van der Waals surface area contributed by atoms with Crippen LogP contribution in [0.3, 0.4) is 0 Å². The molecule has 0 saturated carbocycles. The van der Waals surface area contributed by atoms with E-state index in [1.165, 1.54) is 22.3 Å². The average molecular weight is 280 g/mol. The van der Waals surface area contributed by atoms with Crippen LogP contribution in [0.2, 0.25) is 0 Å². The first-order valence-corrected chi connectivity index (χ1v) is 7.00. The smallest absolute Gasteiger partial charge is 0.135 e. The zero-order valence-corrected chi connectivity index (χ0v) is 12.7. The molecule has 0 amide bonds. The third-order valence-corrected chi connectivity index (χ3v) is 3.40. The van der Waals surface area contributed by atoms with Crippen LogP contribution in [0.1, 0.15) is 27.8 Å². The van der Waals surface area contributed by atoms with Crippen molar-refractivity contribution in [1.82, 2.24) is 0 Å². The van der Waals surface area contributed by atoms with Crippen molar-refractivity contribution >= 4 is 0 Å². The van der Waals surface area contributed by atoms with Crippen LogP contribution in [-0.4, -0.2) is 11.7 Å². The molecule has 0 radical (unpaired) electrons. The molecule has 0 spiro atoms. The van der Waals surface area contributed by atoms with Crippen LogP contribution < -0.4 is 4.74 Å². The molecule has 0 saturated heterocycles. The molecular weight excluding hydrogens is 260 g/mol. The number of para-hydroxylation sites is 1. The van der Waals surface area contributed by atoms with Crippen LogP contribution in [0.25, 0.3) is 0 Å². The first-order valence-electron chi connectivity index (χ1n) is 7.00. The lowest BCUT2D eigenvalue weighted by Crippen LogP contribution is -2.02. The highest BCUT2D eigenvalue weighted by molar-refractivity contribution is 5.46. The number of aliphatic hydroxyl groups is 1. The monoisotopic (exact) mass is 280 g/mol. The standard InChI is InChI=1S/C19H20O2/c1-14-11-15(2)18(16(3)12-14)13-21-19-9-5-4-7-17(19)8-6-10-20/h4-5,7,9,11-12,20H,10,13H2,1-3H3. The van der Waals surface area contributed by atoms with Gasteiger partial charge in [0.15, 0.2) is 0 Å². The molecule has 0 unspecified atom stereocenters. The molecule has 0 atom stereocenters. The average Bonchev–Trinajstić information content (AvgIpc) is 2.45. The fraction of sp³-hybridized carbons (Fsp3) is 0.263. The van der Waals surface area contributed by atoms with E-state index < -0.39 is 0 Å². The van der Waals surface area contributed by atoms with Crippen LogP contribution in [0, 0.1) is 32.6 Å². The summed E-state index contributed by atoms with van der Waals surface area (Å²) in [6.07, 6.45) is 0. The van der Waals surface area contributed by atoms with E-state index in [0.29, 0.717) is 6.61 Å². The summed E-state index contributed by atoms with van der Waals surface area (Å²) in [7, 11) is 0. The van der Waals surface area contributed by atoms with Crippen LogP contribution in [0.4, 0.5) is 0 Å². The van der Waals surface area contributed by atoms with E-state index in [0.717, 1.165) is 11.3 Å². The Morgan fingerprint density at radius 1 is 1.05 bits per heavy atom. The molecule has 108 valence electrons. The van der Waals surface area contributed by atoms with Gasteiger partial charge < -0.3 is 9.84 Å². The summed E-state index contributed by atoms with van der Waals surface area (Å²) in [5.41, 5.74) is 5.76. The predicted octanol–water partition coefficient (Wildman–Crippen LogP) is 3.53. The zero-order chi connectivity index (χ0) is 15.2. The van der Waals surface area contributed by atoms with Crippen molar-refractivity contribution in [2.45, 2.75) is 27.4 Å². The van der Waals surface area contributed by atoms with Gasteiger partial charge in [-0.1, -0.05) is 41.7 Å². The molecule has 2 nitrogen and oxygen atoms in total. The van der Waals surface area contributed by atoms with Gasteiger partial charge in [0.05, 0.1) is 5.56 Å². The van der Waals surface area contributed by atoms with Gasteiger partial charge in [0, 0.05) is 0 Å². The highest BCUT2D eigenvalue weighted by Crippen LogP contribution is 2.22. The Bertz CT molecular complexity index is 667. The van der Waals surface area contributed by atoms with Crippen molar-refractivity contribution in [2.75, 3.05) is 6.61 Å². The maximum absolute atomic E-state index is 8.81. The number of ether oxygens (including phenoxy) is 1. The SMILES string of the molecule is Cc1cc(C)c(COc2ccccc2C#CCO)c(C)c1. The Labute approximate surface area is 126 Å². The summed E-state index contributed by atoms with van der Waals surface area (Å²) >= 11 is 0. The molecule has 0 bridgehead atoms. The minimum Gasteiger partial charge on any atom is -0.488 e. The fourth-order valence-corrected chi connectivity index (χ4v) is 2.42.